The Kier molecular flexibility index (Phi) is 7.80. The number of rotatable bonds is 8. The van der Waals surface area contributed by atoms with E-state index in [4.69, 9.17) is 9.47 Å². The Hall–Kier alpha value is -4.14. The number of hydrogen-bond acceptors (Lipinski definition) is 6. The first-order valence-corrected chi connectivity index (χ1v) is 10.4. The van der Waals surface area contributed by atoms with E-state index in [0.717, 1.165) is 15.8 Å². The summed E-state index contributed by atoms with van der Waals surface area (Å²) in [6.45, 7) is 5.79. The molecule has 33 heavy (non-hydrogen) atoms. The average Bonchev–Trinajstić information content (AvgIpc) is 2.82. The third kappa shape index (κ3) is 6.42. The van der Waals surface area contributed by atoms with Crippen LogP contribution >= 0.6 is 0 Å². The molecule has 2 aromatic carbocycles. The summed E-state index contributed by atoms with van der Waals surface area (Å²) in [5.41, 5.74) is 6.19. The number of aromatic nitrogens is 2. The first-order chi connectivity index (χ1) is 15.8. The van der Waals surface area contributed by atoms with Crippen LogP contribution in [0.15, 0.2) is 65.5 Å². The molecule has 0 spiro atoms. The number of ether oxygens (including phenoxy) is 2. The lowest BCUT2D eigenvalue weighted by atomic mass is 10.1. The van der Waals surface area contributed by atoms with Gasteiger partial charge in [-0.25, -0.2) is 4.68 Å². The molecule has 0 radical (unpaired) electrons. The van der Waals surface area contributed by atoms with Gasteiger partial charge in [-0.05, 0) is 56.2 Å². The van der Waals surface area contributed by atoms with Crippen LogP contribution in [0.5, 0.6) is 11.5 Å². The number of hydrogen-bond donors (Lipinski definition) is 2. The van der Waals surface area contributed by atoms with Crippen LogP contribution in [0, 0.1) is 13.8 Å². The molecule has 1 heterocycles. The first-order valence-electron chi connectivity index (χ1n) is 10.4. The zero-order valence-electron chi connectivity index (χ0n) is 18.7. The molecule has 0 aliphatic heterocycles. The van der Waals surface area contributed by atoms with Gasteiger partial charge in [-0.1, -0.05) is 30.3 Å². The Morgan fingerprint density at radius 3 is 2.52 bits per heavy atom. The molecule has 1 atom stereocenters. The standard InChI is InChI=1S/C24H26N4O5/c1-16-8-7-11-21(17(16)2)33-18(3)23(30)25-26-24(31)20-12-13-22(29)28(27-20)14-15-32-19-9-5-4-6-10-19/h4-13,18H,14-15H2,1-3H3,(H,25,30)(H,26,31). The Morgan fingerprint density at radius 2 is 1.76 bits per heavy atom. The summed E-state index contributed by atoms with van der Waals surface area (Å²) in [4.78, 5) is 36.8. The van der Waals surface area contributed by atoms with Gasteiger partial charge in [0, 0.05) is 6.07 Å². The summed E-state index contributed by atoms with van der Waals surface area (Å²) < 4.78 is 12.4. The van der Waals surface area contributed by atoms with E-state index in [1.54, 1.807) is 25.1 Å². The summed E-state index contributed by atoms with van der Waals surface area (Å²) >= 11 is 0. The van der Waals surface area contributed by atoms with E-state index < -0.39 is 17.9 Å². The van der Waals surface area contributed by atoms with Crippen molar-refractivity contribution in [1.29, 1.82) is 0 Å². The average molecular weight is 450 g/mol. The molecule has 0 bridgehead atoms. The number of benzene rings is 2. The molecule has 1 unspecified atom stereocenters. The third-order valence-electron chi connectivity index (χ3n) is 4.94. The first kappa shape index (κ1) is 23.5. The summed E-state index contributed by atoms with van der Waals surface area (Å²) in [5, 5.41) is 4.04. The molecule has 0 saturated carbocycles. The van der Waals surface area contributed by atoms with Crippen molar-refractivity contribution < 1.29 is 19.1 Å². The van der Waals surface area contributed by atoms with E-state index in [9.17, 15) is 14.4 Å². The zero-order valence-corrected chi connectivity index (χ0v) is 18.7. The third-order valence-corrected chi connectivity index (χ3v) is 4.94. The molecule has 2 amide bonds. The molecular weight excluding hydrogens is 424 g/mol. The van der Waals surface area contributed by atoms with Gasteiger partial charge in [0.15, 0.2) is 11.8 Å². The monoisotopic (exact) mass is 450 g/mol. The van der Waals surface area contributed by atoms with Crippen LogP contribution in [0.3, 0.4) is 0 Å². The molecule has 0 aliphatic rings. The molecule has 9 heteroatoms. The van der Waals surface area contributed by atoms with Gasteiger partial charge in [0.05, 0.1) is 6.54 Å². The van der Waals surface area contributed by atoms with Gasteiger partial charge < -0.3 is 9.47 Å². The number of nitrogens with one attached hydrogen (secondary N) is 2. The minimum atomic E-state index is -0.845. The van der Waals surface area contributed by atoms with Crippen molar-refractivity contribution in [3.63, 3.8) is 0 Å². The largest absolute Gasteiger partial charge is 0.492 e. The lowest BCUT2D eigenvalue weighted by Gasteiger charge is -2.17. The quantitative estimate of drug-likeness (QED) is 0.509. The Morgan fingerprint density at radius 1 is 1.00 bits per heavy atom. The Balaban J connectivity index is 1.54. The van der Waals surface area contributed by atoms with Crippen LogP contribution in [0.25, 0.3) is 0 Å². The fraction of sp³-hybridized carbons (Fsp3) is 0.250. The minimum Gasteiger partial charge on any atom is -0.492 e. The Labute approximate surface area is 191 Å². The fourth-order valence-electron chi connectivity index (χ4n) is 2.88. The van der Waals surface area contributed by atoms with Crippen LogP contribution in [0.1, 0.15) is 28.5 Å². The molecular formula is C24H26N4O5. The van der Waals surface area contributed by atoms with E-state index in [0.29, 0.717) is 11.5 Å². The van der Waals surface area contributed by atoms with Gasteiger partial charge in [0.25, 0.3) is 17.4 Å². The van der Waals surface area contributed by atoms with Crippen molar-refractivity contribution >= 4 is 11.8 Å². The second kappa shape index (κ2) is 10.9. The summed E-state index contributed by atoms with van der Waals surface area (Å²) in [5.74, 6) is 0.0589. The Bertz CT molecular complexity index is 1180. The predicted octanol–water partition coefficient (Wildman–Crippen LogP) is 2.17. The number of amides is 2. The molecule has 0 aliphatic carbocycles. The van der Waals surface area contributed by atoms with Crippen LogP contribution in [0.2, 0.25) is 0 Å². The highest BCUT2D eigenvalue weighted by Gasteiger charge is 2.18. The normalized spacial score (nSPS) is 11.4. The highest BCUT2D eigenvalue weighted by atomic mass is 16.5. The highest BCUT2D eigenvalue weighted by molar-refractivity contribution is 5.93. The summed E-state index contributed by atoms with van der Waals surface area (Å²) in [6.07, 6.45) is -0.845. The summed E-state index contributed by atoms with van der Waals surface area (Å²) in [6, 6.07) is 17.2. The maximum absolute atomic E-state index is 12.4. The summed E-state index contributed by atoms with van der Waals surface area (Å²) in [7, 11) is 0. The van der Waals surface area contributed by atoms with E-state index in [1.807, 2.05) is 44.2 Å². The number of para-hydroxylation sites is 1. The zero-order chi connectivity index (χ0) is 23.8. The molecule has 9 nitrogen and oxygen atoms in total. The molecule has 2 N–H and O–H groups in total. The van der Waals surface area contributed by atoms with Gasteiger partial charge in [0.1, 0.15) is 18.1 Å². The molecule has 172 valence electrons. The maximum Gasteiger partial charge on any atom is 0.290 e. The van der Waals surface area contributed by atoms with E-state index >= 15 is 0 Å². The second-order valence-corrected chi connectivity index (χ2v) is 7.34. The highest BCUT2D eigenvalue weighted by Crippen LogP contribution is 2.21. The topological polar surface area (TPSA) is 112 Å². The molecule has 1 aromatic heterocycles. The molecule has 0 saturated heterocycles. The van der Waals surface area contributed by atoms with Gasteiger partial charge >= 0.3 is 0 Å². The van der Waals surface area contributed by atoms with Crippen LogP contribution in [-0.4, -0.2) is 34.3 Å². The SMILES string of the molecule is Cc1cccc(OC(C)C(=O)NNC(=O)c2ccc(=O)n(CCOc3ccccc3)n2)c1C. The fourth-order valence-corrected chi connectivity index (χ4v) is 2.88. The lowest BCUT2D eigenvalue weighted by molar-refractivity contribution is -0.128. The lowest BCUT2D eigenvalue weighted by Crippen LogP contribution is -2.47. The van der Waals surface area contributed by atoms with Gasteiger partial charge in [-0.15, -0.1) is 0 Å². The predicted molar refractivity (Wildman–Crippen MR) is 122 cm³/mol. The van der Waals surface area contributed by atoms with Crippen LogP contribution in [0.4, 0.5) is 0 Å². The number of carbonyl (C=O) groups excluding carboxylic acids is 2. The van der Waals surface area contributed by atoms with E-state index in [2.05, 4.69) is 16.0 Å². The number of hydrazine groups is 1. The molecule has 3 rings (SSSR count). The number of aryl methyl sites for hydroxylation is 1. The minimum absolute atomic E-state index is 0.0299. The van der Waals surface area contributed by atoms with Gasteiger partial charge in [-0.2, -0.15) is 5.10 Å². The van der Waals surface area contributed by atoms with E-state index in [1.165, 1.54) is 12.1 Å². The van der Waals surface area contributed by atoms with Crippen molar-refractivity contribution in [3.05, 3.63) is 87.8 Å². The van der Waals surface area contributed by atoms with E-state index in [-0.39, 0.29) is 24.4 Å². The second-order valence-electron chi connectivity index (χ2n) is 7.34. The number of carbonyl (C=O) groups is 2. The number of nitrogens with zero attached hydrogens (tertiary/aromatic N) is 2. The van der Waals surface area contributed by atoms with Crippen LogP contribution < -0.4 is 25.9 Å². The van der Waals surface area contributed by atoms with Gasteiger partial charge in [-0.3, -0.25) is 25.2 Å². The molecule has 3 aromatic rings. The van der Waals surface area contributed by atoms with Crippen molar-refractivity contribution in [2.75, 3.05) is 6.61 Å². The van der Waals surface area contributed by atoms with Crippen molar-refractivity contribution in [1.82, 2.24) is 20.6 Å². The van der Waals surface area contributed by atoms with Crippen molar-refractivity contribution in [3.8, 4) is 11.5 Å². The van der Waals surface area contributed by atoms with Gasteiger partial charge in [0.2, 0.25) is 0 Å². The van der Waals surface area contributed by atoms with Crippen LogP contribution in [-0.2, 0) is 11.3 Å². The van der Waals surface area contributed by atoms with Crippen molar-refractivity contribution in [2.24, 2.45) is 0 Å². The molecule has 0 fully saturated rings. The van der Waals surface area contributed by atoms with Crippen molar-refractivity contribution in [2.45, 2.75) is 33.4 Å². The smallest absolute Gasteiger partial charge is 0.290 e. The maximum atomic E-state index is 12.4.